The first kappa shape index (κ1) is 14.6. The van der Waals surface area contributed by atoms with Crippen molar-refractivity contribution in [1.82, 2.24) is 14.8 Å². The maximum Gasteiger partial charge on any atom is 0.168 e. The van der Waals surface area contributed by atoms with Crippen molar-refractivity contribution in [2.45, 2.75) is 6.92 Å². The molecular weight excluding hydrogens is 448 g/mol. The molecule has 0 radical (unpaired) electrons. The summed E-state index contributed by atoms with van der Waals surface area (Å²) >= 11 is 5.49. The van der Waals surface area contributed by atoms with Gasteiger partial charge in [-0.3, -0.25) is 4.57 Å². The van der Waals surface area contributed by atoms with Gasteiger partial charge >= 0.3 is 0 Å². The van der Waals surface area contributed by atoms with E-state index in [2.05, 4.69) is 48.7 Å². The molecule has 3 aromatic rings. The quantitative estimate of drug-likeness (QED) is 0.520. The minimum absolute atomic E-state index is 0.289. The van der Waals surface area contributed by atoms with Crippen molar-refractivity contribution in [2.24, 2.45) is 0 Å². The van der Waals surface area contributed by atoms with Gasteiger partial charge in [0.05, 0.1) is 5.69 Å². The highest BCUT2D eigenvalue weighted by atomic mass is 127. The summed E-state index contributed by atoms with van der Waals surface area (Å²) in [5.41, 5.74) is 1.34. The molecule has 0 amide bonds. The summed E-state index contributed by atoms with van der Waals surface area (Å²) in [6.45, 7) is 1.81. The molecule has 0 bridgehead atoms. The van der Waals surface area contributed by atoms with Crippen molar-refractivity contribution in [2.75, 3.05) is 0 Å². The average molecular weight is 458 g/mol. The molecule has 0 aliphatic carbocycles. The summed E-state index contributed by atoms with van der Waals surface area (Å²) in [6, 6.07) is 12.8. The molecule has 0 aliphatic rings. The lowest BCUT2D eigenvalue weighted by Crippen LogP contribution is -2.03. The minimum atomic E-state index is -0.289. The number of benzene rings is 2. The molecule has 0 N–H and O–H groups in total. The molecule has 6 heteroatoms. The summed E-state index contributed by atoms with van der Waals surface area (Å²) in [4.78, 5) is 0. The Bertz CT molecular complexity index is 799. The normalized spacial score (nSPS) is 10.9. The predicted molar refractivity (Wildman–Crippen MR) is 91.9 cm³/mol. The van der Waals surface area contributed by atoms with Crippen LogP contribution >= 0.6 is 38.5 Å². The molecule has 3 nitrogen and oxygen atoms in total. The zero-order valence-electron chi connectivity index (χ0n) is 11.0. The van der Waals surface area contributed by atoms with Gasteiger partial charge in [0, 0.05) is 13.6 Å². The molecule has 2 aromatic carbocycles. The second-order valence-electron chi connectivity index (χ2n) is 4.51. The van der Waals surface area contributed by atoms with Crippen molar-refractivity contribution >= 4 is 38.5 Å². The van der Waals surface area contributed by atoms with E-state index < -0.39 is 0 Å². The zero-order chi connectivity index (χ0) is 15.0. The Morgan fingerprint density at radius 2 is 1.81 bits per heavy atom. The number of hydrogen-bond donors (Lipinski definition) is 0. The van der Waals surface area contributed by atoms with Gasteiger partial charge in [-0.25, -0.2) is 4.39 Å². The van der Waals surface area contributed by atoms with Gasteiger partial charge in [-0.05, 0) is 59.8 Å². The summed E-state index contributed by atoms with van der Waals surface area (Å²) in [5.74, 6) is 0.983. The highest BCUT2D eigenvalue weighted by Gasteiger charge is 2.15. The molecule has 1 aromatic heterocycles. The van der Waals surface area contributed by atoms with Gasteiger partial charge in [-0.15, -0.1) is 10.2 Å². The largest absolute Gasteiger partial charge is 0.276 e. The van der Waals surface area contributed by atoms with Crippen molar-refractivity contribution in [3.8, 4) is 17.1 Å². The number of halogens is 3. The van der Waals surface area contributed by atoms with Crippen LogP contribution in [0.15, 0.2) is 46.9 Å². The second-order valence-corrected chi connectivity index (χ2v) is 6.67. The summed E-state index contributed by atoms with van der Waals surface area (Å²) in [6.07, 6.45) is 0. The Labute approximate surface area is 143 Å². The molecule has 3 rings (SSSR count). The van der Waals surface area contributed by atoms with Crippen LogP contribution in [0.4, 0.5) is 4.39 Å². The van der Waals surface area contributed by atoms with Crippen molar-refractivity contribution in [1.29, 1.82) is 0 Å². The van der Waals surface area contributed by atoms with Crippen LogP contribution in [0.3, 0.4) is 0 Å². The van der Waals surface area contributed by atoms with Crippen LogP contribution in [-0.2, 0) is 0 Å². The molecule has 0 aliphatic heterocycles. The molecule has 0 fully saturated rings. The van der Waals surface area contributed by atoms with E-state index in [0.29, 0.717) is 17.3 Å². The topological polar surface area (TPSA) is 30.7 Å². The van der Waals surface area contributed by atoms with E-state index in [1.807, 2.05) is 37.3 Å². The fraction of sp³-hybridized carbons (Fsp3) is 0.0667. The van der Waals surface area contributed by atoms with Gasteiger partial charge in [0.25, 0.3) is 0 Å². The van der Waals surface area contributed by atoms with Gasteiger partial charge < -0.3 is 0 Å². The number of hydrogen-bond acceptors (Lipinski definition) is 2. The van der Waals surface area contributed by atoms with E-state index in [1.165, 1.54) is 6.07 Å². The first-order valence-corrected chi connectivity index (χ1v) is 8.07. The van der Waals surface area contributed by atoms with Gasteiger partial charge in [0.1, 0.15) is 11.6 Å². The number of nitrogens with zero attached hydrogens (tertiary/aromatic N) is 3. The third-order valence-electron chi connectivity index (χ3n) is 3.08. The Morgan fingerprint density at radius 1 is 1.10 bits per heavy atom. The van der Waals surface area contributed by atoms with E-state index >= 15 is 0 Å². The molecule has 106 valence electrons. The van der Waals surface area contributed by atoms with Crippen LogP contribution in [0.25, 0.3) is 17.1 Å². The third-order valence-corrected chi connectivity index (χ3v) is 4.28. The maximum atomic E-state index is 14.3. The number of aromatic nitrogens is 3. The molecule has 0 saturated heterocycles. The summed E-state index contributed by atoms with van der Waals surface area (Å²) in [7, 11) is 0. The number of aryl methyl sites for hydroxylation is 1. The van der Waals surface area contributed by atoms with E-state index in [1.54, 1.807) is 10.6 Å². The lowest BCUT2D eigenvalue weighted by molar-refractivity contribution is 0.616. The smallest absolute Gasteiger partial charge is 0.168 e. The molecule has 21 heavy (non-hydrogen) atoms. The van der Waals surface area contributed by atoms with E-state index in [-0.39, 0.29) is 5.82 Å². The van der Waals surface area contributed by atoms with Crippen LogP contribution in [0, 0.1) is 16.3 Å². The molecule has 0 spiro atoms. The lowest BCUT2D eigenvalue weighted by Gasteiger charge is -2.10. The van der Waals surface area contributed by atoms with Crippen LogP contribution < -0.4 is 0 Å². The van der Waals surface area contributed by atoms with Gasteiger partial charge in [-0.1, -0.05) is 28.1 Å². The minimum Gasteiger partial charge on any atom is -0.276 e. The predicted octanol–water partition coefficient (Wildman–Crippen LogP) is 4.75. The average Bonchev–Trinajstić information content (AvgIpc) is 2.82. The Morgan fingerprint density at radius 3 is 2.48 bits per heavy atom. The van der Waals surface area contributed by atoms with E-state index in [4.69, 9.17) is 0 Å². The van der Waals surface area contributed by atoms with E-state index in [9.17, 15) is 4.39 Å². The Balaban J connectivity index is 2.19. The van der Waals surface area contributed by atoms with Crippen molar-refractivity contribution < 1.29 is 4.39 Å². The Kier molecular flexibility index (Phi) is 4.08. The standard InChI is InChI=1S/C15H10BrFIN3/c1-9-19-20-15(10-2-4-11(16)5-3-10)21(9)14-7-6-12(18)8-13(14)17/h2-8H,1H3. The fourth-order valence-electron chi connectivity index (χ4n) is 2.10. The fourth-order valence-corrected chi connectivity index (χ4v) is 2.82. The van der Waals surface area contributed by atoms with Crippen molar-refractivity contribution in [3.63, 3.8) is 0 Å². The monoisotopic (exact) mass is 457 g/mol. The molecule has 0 saturated carbocycles. The van der Waals surface area contributed by atoms with Gasteiger partial charge in [-0.2, -0.15) is 0 Å². The highest BCUT2D eigenvalue weighted by Crippen LogP contribution is 2.26. The SMILES string of the molecule is Cc1nnc(-c2ccc(Br)cc2)n1-c1ccc(I)cc1F. The van der Waals surface area contributed by atoms with Crippen molar-refractivity contribution in [3.05, 3.63) is 62.1 Å². The zero-order valence-corrected chi connectivity index (χ0v) is 14.8. The van der Waals surface area contributed by atoms with E-state index in [0.717, 1.165) is 13.6 Å². The van der Waals surface area contributed by atoms with Crippen LogP contribution in [0.1, 0.15) is 5.82 Å². The third kappa shape index (κ3) is 2.87. The molecule has 0 unspecified atom stereocenters. The second kappa shape index (κ2) is 5.84. The summed E-state index contributed by atoms with van der Waals surface area (Å²) in [5, 5.41) is 8.27. The lowest BCUT2D eigenvalue weighted by atomic mass is 10.2. The van der Waals surface area contributed by atoms with Crippen LogP contribution in [0.5, 0.6) is 0 Å². The number of rotatable bonds is 2. The first-order chi connectivity index (χ1) is 10.1. The van der Waals surface area contributed by atoms with Gasteiger partial charge in [0.2, 0.25) is 0 Å². The maximum absolute atomic E-state index is 14.3. The van der Waals surface area contributed by atoms with Crippen LogP contribution in [-0.4, -0.2) is 14.8 Å². The van der Waals surface area contributed by atoms with Crippen LogP contribution in [0.2, 0.25) is 0 Å². The highest BCUT2D eigenvalue weighted by molar-refractivity contribution is 14.1. The summed E-state index contributed by atoms with van der Waals surface area (Å²) < 4.78 is 17.8. The van der Waals surface area contributed by atoms with Gasteiger partial charge in [0.15, 0.2) is 5.82 Å². The Hall–Kier alpha value is -1.28. The molecule has 1 heterocycles. The first-order valence-electron chi connectivity index (χ1n) is 6.19. The molecular formula is C15H10BrFIN3. The molecule has 0 atom stereocenters.